The zero-order valence-electron chi connectivity index (χ0n) is 8.61. The number of aliphatic hydroxyl groups is 2. The second-order valence-electron chi connectivity index (χ2n) is 3.60. The van der Waals surface area contributed by atoms with Gasteiger partial charge in [-0.3, -0.25) is 4.90 Å². The molecule has 0 aliphatic carbocycles. The number of hydrogen-bond donors (Lipinski definition) is 3. The predicted octanol–water partition coefficient (Wildman–Crippen LogP) is -0.601. The molecule has 0 spiro atoms. The van der Waals surface area contributed by atoms with Crippen molar-refractivity contribution in [2.75, 3.05) is 26.2 Å². The van der Waals surface area contributed by atoms with Gasteiger partial charge in [0.1, 0.15) is 0 Å². The van der Waals surface area contributed by atoms with Crippen LogP contribution >= 0.6 is 0 Å². The van der Waals surface area contributed by atoms with Crippen molar-refractivity contribution in [1.29, 1.82) is 0 Å². The molecule has 0 aromatic rings. The Morgan fingerprint density at radius 3 is 1.92 bits per heavy atom. The Bertz CT molecular complexity index is 108. The van der Waals surface area contributed by atoms with Gasteiger partial charge in [-0.2, -0.15) is 0 Å². The number of hydrogen-bond acceptors (Lipinski definition) is 4. The van der Waals surface area contributed by atoms with Gasteiger partial charge in [0.2, 0.25) is 0 Å². The third-order valence-electron chi connectivity index (χ3n) is 1.72. The molecule has 2 atom stereocenters. The van der Waals surface area contributed by atoms with E-state index < -0.39 is 0 Å². The maximum absolute atomic E-state index is 9.18. The Morgan fingerprint density at radius 1 is 1.15 bits per heavy atom. The van der Waals surface area contributed by atoms with Gasteiger partial charge in [0.05, 0.1) is 12.2 Å². The van der Waals surface area contributed by atoms with E-state index in [-0.39, 0.29) is 12.2 Å². The Kier molecular flexibility index (Phi) is 7.17. The van der Waals surface area contributed by atoms with Crippen LogP contribution in [-0.4, -0.2) is 53.5 Å². The molecule has 0 saturated heterocycles. The maximum atomic E-state index is 9.18. The number of nitrogens with zero attached hydrogens (tertiary/aromatic N) is 1. The third-order valence-corrected chi connectivity index (χ3v) is 1.72. The van der Waals surface area contributed by atoms with Gasteiger partial charge >= 0.3 is 0 Å². The summed E-state index contributed by atoms with van der Waals surface area (Å²) >= 11 is 0. The molecule has 0 saturated carbocycles. The first kappa shape index (κ1) is 12.8. The number of nitrogens with two attached hydrogens (primary N) is 1. The highest BCUT2D eigenvalue weighted by Crippen LogP contribution is 1.96. The highest BCUT2D eigenvalue weighted by atomic mass is 16.3. The van der Waals surface area contributed by atoms with Crippen molar-refractivity contribution in [3.8, 4) is 0 Å². The van der Waals surface area contributed by atoms with E-state index in [1.165, 1.54) is 0 Å². The smallest absolute Gasteiger partial charge is 0.0639 e. The van der Waals surface area contributed by atoms with Gasteiger partial charge in [0, 0.05) is 13.1 Å². The van der Waals surface area contributed by atoms with Gasteiger partial charge in [-0.1, -0.05) is 0 Å². The van der Waals surface area contributed by atoms with Gasteiger partial charge < -0.3 is 15.9 Å². The summed E-state index contributed by atoms with van der Waals surface area (Å²) in [6, 6.07) is 0. The molecule has 0 rings (SSSR count). The molecule has 0 aliphatic rings. The van der Waals surface area contributed by atoms with E-state index in [4.69, 9.17) is 5.73 Å². The van der Waals surface area contributed by atoms with Crippen LogP contribution in [0.2, 0.25) is 0 Å². The SMILES string of the molecule is C[C@H](O)CN(CCCN)C[C@@H](C)O. The Hall–Kier alpha value is -0.160. The fourth-order valence-corrected chi connectivity index (χ4v) is 1.32. The van der Waals surface area contributed by atoms with E-state index >= 15 is 0 Å². The van der Waals surface area contributed by atoms with Crippen LogP contribution in [0.3, 0.4) is 0 Å². The highest BCUT2D eigenvalue weighted by molar-refractivity contribution is 4.64. The minimum Gasteiger partial charge on any atom is -0.392 e. The molecule has 80 valence electrons. The first-order valence-corrected chi connectivity index (χ1v) is 4.84. The topological polar surface area (TPSA) is 69.7 Å². The van der Waals surface area contributed by atoms with Crippen molar-refractivity contribution in [3.63, 3.8) is 0 Å². The number of aliphatic hydroxyl groups excluding tert-OH is 2. The fourth-order valence-electron chi connectivity index (χ4n) is 1.32. The van der Waals surface area contributed by atoms with Gasteiger partial charge in [0.15, 0.2) is 0 Å². The molecule has 0 aliphatic heterocycles. The van der Waals surface area contributed by atoms with E-state index in [0.29, 0.717) is 19.6 Å². The summed E-state index contributed by atoms with van der Waals surface area (Å²) in [6.07, 6.45) is 0.201. The fraction of sp³-hybridized carbons (Fsp3) is 1.00. The molecule has 0 radical (unpaired) electrons. The molecule has 4 nitrogen and oxygen atoms in total. The van der Waals surface area contributed by atoms with Crippen LogP contribution in [0, 0.1) is 0 Å². The first-order valence-electron chi connectivity index (χ1n) is 4.84. The van der Waals surface area contributed by atoms with Gasteiger partial charge in [-0.05, 0) is 33.4 Å². The van der Waals surface area contributed by atoms with E-state index in [2.05, 4.69) is 0 Å². The lowest BCUT2D eigenvalue weighted by Gasteiger charge is -2.24. The van der Waals surface area contributed by atoms with E-state index in [1.54, 1.807) is 13.8 Å². The van der Waals surface area contributed by atoms with Crippen LogP contribution in [0.1, 0.15) is 20.3 Å². The van der Waals surface area contributed by atoms with Crippen molar-refractivity contribution >= 4 is 0 Å². The molecule has 0 amide bonds. The summed E-state index contributed by atoms with van der Waals surface area (Å²) in [5, 5.41) is 18.4. The van der Waals surface area contributed by atoms with Crippen LogP contribution < -0.4 is 5.73 Å². The zero-order valence-corrected chi connectivity index (χ0v) is 8.61. The highest BCUT2D eigenvalue weighted by Gasteiger charge is 2.09. The van der Waals surface area contributed by atoms with E-state index in [9.17, 15) is 10.2 Å². The molecule has 0 bridgehead atoms. The van der Waals surface area contributed by atoms with Crippen LogP contribution in [0.15, 0.2) is 0 Å². The molecule has 0 aromatic carbocycles. The number of rotatable bonds is 7. The van der Waals surface area contributed by atoms with Crippen LogP contribution in [0.5, 0.6) is 0 Å². The van der Waals surface area contributed by atoms with Crippen molar-refractivity contribution in [3.05, 3.63) is 0 Å². The maximum Gasteiger partial charge on any atom is 0.0639 e. The molecular formula is C9H22N2O2. The van der Waals surface area contributed by atoms with Crippen LogP contribution in [0.4, 0.5) is 0 Å². The van der Waals surface area contributed by atoms with Crippen molar-refractivity contribution in [2.24, 2.45) is 5.73 Å². The summed E-state index contributed by atoms with van der Waals surface area (Å²) in [4.78, 5) is 2.03. The Morgan fingerprint density at radius 2 is 1.62 bits per heavy atom. The lowest BCUT2D eigenvalue weighted by Crippen LogP contribution is -2.37. The van der Waals surface area contributed by atoms with Gasteiger partial charge in [-0.25, -0.2) is 0 Å². The zero-order chi connectivity index (χ0) is 10.3. The summed E-state index contributed by atoms with van der Waals surface area (Å²) in [5.74, 6) is 0. The quantitative estimate of drug-likeness (QED) is 0.501. The first-order chi connectivity index (χ1) is 6.06. The van der Waals surface area contributed by atoms with Crippen LogP contribution in [0.25, 0.3) is 0 Å². The van der Waals surface area contributed by atoms with Crippen molar-refractivity contribution < 1.29 is 10.2 Å². The molecule has 0 fully saturated rings. The van der Waals surface area contributed by atoms with Crippen LogP contribution in [-0.2, 0) is 0 Å². The van der Waals surface area contributed by atoms with Gasteiger partial charge in [0.25, 0.3) is 0 Å². The third kappa shape index (κ3) is 8.18. The molecule has 0 heterocycles. The largest absolute Gasteiger partial charge is 0.392 e. The molecule has 4 N–H and O–H groups in total. The minimum atomic E-state index is -0.350. The minimum absolute atomic E-state index is 0.350. The summed E-state index contributed by atoms with van der Waals surface area (Å²) in [7, 11) is 0. The van der Waals surface area contributed by atoms with E-state index in [1.807, 2.05) is 4.90 Å². The molecule has 4 heteroatoms. The average Bonchev–Trinajstić information content (AvgIpc) is 1.98. The predicted molar refractivity (Wildman–Crippen MR) is 53.5 cm³/mol. The van der Waals surface area contributed by atoms with Crippen molar-refractivity contribution in [1.82, 2.24) is 4.90 Å². The monoisotopic (exact) mass is 190 g/mol. The molecular weight excluding hydrogens is 168 g/mol. The van der Waals surface area contributed by atoms with E-state index in [0.717, 1.165) is 13.0 Å². The second-order valence-corrected chi connectivity index (χ2v) is 3.60. The normalized spacial score (nSPS) is 16.2. The standard InChI is InChI=1S/C9H22N2O2/c1-8(12)6-11(5-3-4-10)7-9(2)13/h8-9,12-13H,3-7,10H2,1-2H3/t8-,9+. The lowest BCUT2D eigenvalue weighted by molar-refractivity contribution is 0.0833. The second kappa shape index (κ2) is 7.26. The summed E-state index contributed by atoms with van der Waals surface area (Å²) in [6.45, 7) is 6.19. The molecule has 0 aromatic heterocycles. The molecule has 13 heavy (non-hydrogen) atoms. The molecule has 0 unspecified atom stereocenters. The lowest BCUT2D eigenvalue weighted by atomic mass is 10.3. The summed E-state index contributed by atoms with van der Waals surface area (Å²) in [5.41, 5.74) is 5.39. The van der Waals surface area contributed by atoms with Crippen molar-refractivity contribution in [2.45, 2.75) is 32.5 Å². The Balaban J connectivity index is 3.73. The Labute approximate surface area is 80.3 Å². The average molecular weight is 190 g/mol. The van der Waals surface area contributed by atoms with Gasteiger partial charge in [-0.15, -0.1) is 0 Å². The summed E-state index contributed by atoms with van der Waals surface area (Å²) < 4.78 is 0.